The van der Waals surface area contributed by atoms with Gasteiger partial charge in [0.1, 0.15) is 23.4 Å². The van der Waals surface area contributed by atoms with Crippen molar-refractivity contribution >= 4 is 23.5 Å². The van der Waals surface area contributed by atoms with E-state index in [2.05, 4.69) is 0 Å². The minimum Gasteiger partial charge on any atom is -0.312 e. The van der Waals surface area contributed by atoms with Crippen LogP contribution in [0.4, 0.5) is 19.3 Å². The molecule has 2 atom stereocenters. The Hall–Kier alpha value is -2.51. The highest BCUT2D eigenvalue weighted by atomic mass is 19.1. The molecule has 6 nitrogen and oxygen atoms in total. The molecule has 1 aromatic rings. The largest absolute Gasteiger partial charge is 0.327 e. The average Bonchev–Trinajstić information content (AvgIpc) is 3.19. The summed E-state index contributed by atoms with van der Waals surface area (Å²) in [6, 6.07) is 1.81. The third-order valence-corrected chi connectivity index (χ3v) is 4.90. The Morgan fingerprint density at radius 1 is 1.08 bits per heavy atom. The first-order valence-electron chi connectivity index (χ1n) is 7.87. The highest BCUT2D eigenvalue weighted by Crippen LogP contribution is 2.34. The fourth-order valence-corrected chi connectivity index (χ4v) is 3.81. The van der Waals surface area contributed by atoms with Crippen molar-refractivity contribution in [3.8, 4) is 0 Å². The highest BCUT2D eigenvalue weighted by Gasteiger charge is 2.52. The van der Waals surface area contributed by atoms with E-state index in [0.29, 0.717) is 13.0 Å². The lowest BCUT2D eigenvalue weighted by Gasteiger charge is -2.23. The first kappa shape index (κ1) is 15.0. The number of anilines is 1. The van der Waals surface area contributed by atoms with E-state index in [1.165, 1.54) is 11.0 Å². The van der Waals surface area contributed by atoms with Crippen LogP contribution in [0.1, 0.15) is 19.3 Å². The van der Waals surface area contributed by atoms with Gasteiger partial charge in [-0.3, -0.25) is 14.5 Å². The van der Waals surface area contributed by atoms with E-state index in [0.717, 1.165) is 28.4 Å². The molecule has 24 heavy (non-hydrogen) atoms. The van der Waals surface area contributed by atoms with Crippen LogP contribution in [0.25, 0.3) is 0 Å². The Kier molecular flexibility index (Phi) is 3.29. The molecule has 0 N–H and O–H groups in total. The standard InChI is InChI=1S/C16H15F2N3O3/c17-10-3-1-4-11(18)14(10)20-8-9(7-13(20)22)21-15(23)12-5-2-6-19(12)16(21)24/h1,3-4,9,12H,2,5-8H2/t9-,12-/m1/s1. The lowest BCUT2D eigenvalue weighted by Crippen LogP contribution is -2.43. The number of carbonyl (C=O) groups is 3. The zero-order valence-corrected chi connectivity index (χ0v) is 12.7. The summed E-state index contributed by atoms with van der Waals surface area (Å²) in [5, 5.41) is 0. The quantitative estimate of drug-likeness (QED) is 0.770. The number of rotatable bonds is 2. The molecule has 0 bridgehead atoms. The molecule has 3 fully saturated rings. The van der Waals surface area contributed by atoms with E-state index in [4.69, 9.17) is 0 Å². The van der Waals surface area contributed by atoms with Crippen molar-refractivity contribution in [3.63, 3.8) is 0 Å². The molecule has 0 radical (unpaired) electrons. The van der Waals surface area contributed by atoms with Gasteiger partial charge in [0.05, 0.1) is 6.04 Å². The third kappa shape index (κ3) is 2.02. The second kappa shape index (κ2) is 5.25. The van der Waals surface area contributed by atoms with Crippen LogP contribution in [0.15, 0.2) is 18.2 Å². The van der Waals surface area contributed by atoms with Crippen LogP contribution < -0.4 is 4.90 Å². The van der Waals surface area contributed by atoms with Gasteiger partial charge in [0.15, 0.2) is 0 Å². The van der Waals surface area contributed by atoms with Gasteiger partial charge in [0.2, 0.25) is 5.91 Å². The van der Waals surface area contributed by atoms with Crippen molar-refractivity contribution < 1.29 is 23.2 Å². The van der Waals surface area contributed by atoms with E-state index >= 15 is 0 Å². The number of benzene rings is 1. The molecule has 8 heteroatoms. The highest BCUT2D eigenvalue weighted by molar-refractivity contribution is 6.06. The monoisotopic (exact) mass is 335 g/mol. The maximum absolute atomic E-state index is 13.9. The topological polar surface area (TPSA) is 60.9 Å². The molecular weight excluding hydrogens is 320 g/mol. The van der Waals surface area contributed by atoms with Crippen LogP contribution in [-0.2, 0) is 9.59 Å². The van der Waals surface area contributed by atoms with Gasteiger partial charge in [-0.05, 0) is 25.0 Å². The molecular formula is C16H15F2N3O3. The van der Waals surface area contributed by atoms with Crippen molar-refractivity contribution in [3.05, 3.63) is 29.8 Å². The van der Waals surface area contributed by atoms with Gasteiger partial charge in [-0.2, -0.15) is 0 Å². The van der Waals surface area contributed by atoms with Crippen LogP contribution in [0.3, 0.4) is 0 Å². The summed E-state index contributed by atoms with van der Waals surface area (Å²) < 4.78 is 27.9. The zero-order chi connectivity index (χ0) is 17.0. The van der Waals surface area contributed by atoms with Crippen LogP contribution in [-0.4, -0.2) is 52.8 Å². The first-order valence-corrected chi connectivity index (χ1v) is 7.87. The maximum atomic E-state index is 13.9. The van der Waals surface area contributed by atoms with E-state index in [9.17, 15) is 23.2 Å². The Morgan fingerprint density at radius 3 is 2.46 bits per heavy atom. The molecule has 0 aromatic heterocycles. The summed E-state index contributed by atoms with van der Waals surface area (Å²) in [5.74, 6) is -2.50. The van der Waals surface area contributed by atoms with Crippen molar-refractivity contribution in [2.75, 3.05) is 18.0 Å². The molecule has 1 aromatic carbocycles. The number of para-hydroxylation sites is 1. The van der Waals surface area contributed by atoms with Crippen LogP contribution in [0.2, 0.25) is 0 Å². The van der Waals surface area contributed by atoms with E-state index in [1.54, 1.807) is 0 Å². The van der Waals surface area contributed by atoms with Gasteiger partial charge in [-0.25, -0.2) is 13.6 Å². The van der Waals surface area contributed by atoms with Crippen molar-refractivity contribution in [2.45, 2.75) is 31.3 Å². The Labute approximate surface area is 136 Å². The number of fused-ring (bicyclic) bond motifs is 1. The summed E-state index contributed by atoms with van der Waals surface area (Å²) in [4.78, 5) is 40.7. The lowest BCUT2D eigenvalue weighted by molar-refractivity contribution is -0.129. The number of amides is 4. The van der Waals surface area contributed by atoms with E-state index in [-0.39, 0.29) is 18.9 Å². The smallest absolute Gasteiger partial charge is 0.312 e. The molecule has 0 aliphatic carbocycles. The molecule has 4 amide bonds. The molecule has 3 saturated heterocycles. The number of hydrogen-bond donors (Lipinski definition) is 0. The van der Waals surface area contributed by atoms with Crippen molar-refractivity contribution in [2.24, 2.45) is 0 Å². The third-order valence-electron chi connectivity index (χ3n) is 4.90. The fraction of sp³-hybridized carbons (Fsp3) is 0.438. The first-order chi connectivity index (χ1) is 11.5. The summed E-state index contributed by atoms with van der Waals surface area (Å²) in [5.41, 5.74) is -0.426. The lowest BCUT2D eigenvalue weighted by atomic mass is 10.2. The summed E-state index contributed by atoms with van der Waals surface area (Å²) in [6.45, 7) is 0.437. The SMILES string of the molecule is O=C1C[C@@H](N2C(=O)[C@H]3CCCN3C2=O)CN1c1c(F)cccc1F. The molecule has 3 heterocycles. The molecule has 0 saturated carbocycles. The van der Waals surface area contributed by atoms with Crippen LogP contribution in [0.5, 0.6) is 0 Å². The normalized spacial score (nSPS) is 26.8. The zero-order valence-electron chi connectivity index (χ0n) is 12.7. The number of imide groups is 1. The maximum Gasteiger partial charge on any atom is 0.327 e. The Balaban J connectivity index is 1.61. The minimum atomic E-state index is -0.844. The van der Waals surface area contributed by atoms with Gasteiger partial charge in [-0.1, -0.05) is 6.07 Å². The summed E-state index contributed by atoms with van der Waals surface area (Å²) >= 11 is 0. The number of nitrogens with zero attached hydrogens (tertiary/aromatic N) is 3. The second-order valence-corrected chi connectivity index (χ2v) is 6.27. The molecule has 4 rings (SSSR count). The molecule has 0 unspecified atom stereocenters. The van der Waals surface area contributed by atoms with E-state index in [1.807, 2.05) is 0 Å². The van der Waals surface area contributed by atoms with Crippen LogP contribution in [0, 0.1) is 11.6 Å². The van der Waals surface area contributed by atoms with Crippen molar-refractivity contribution in [1.82, 2.24) is 9.80 Å². The van der Waals surface area contributed by atoms with Gasteiger partial charge in [-0.15, -0.1) is 0 Å². The van der Waals surface area contributed by atoms with Gasteiger partial charge in [0.25, 0.3) is 5.91 Å². The minimum absolute atomic E-state index is 0.0886. The van der Waals surface area contributed by atoms with Gasteiger partial charge < -0.3 is 9.80 Å². The number of hydrogen-bond acceptors (Lipinski definition) is 3. The fourth-order valence-electron chi connectivity index (χ4n) is 3.81. The van der Waals surface area contributed by atoms with Gasteiger partial charge in [0, 0.05) is 19.5 Å². The molecule has 3 aliphatic rings. The number of urea groups is 1. The van der Waals surface area contributed by atoms with Crippen LogP contribution >= 0.6 is 0 Å². The molecule has 126 valence electrons. The summed E-state index contributed by atoms with van der Waals surface area (Å²) in [6.07, 6.45) is 1.28. The number of halogens is 2. The number of carbonyl (C=O) groups excluding carboxylic acids is 3. The van der Waals surface area contributed by atoms with Gasteiger partial charge >= 0.3 is 6.03 Å². The average molecular weight is 335 g/mol. The van der Waals surface area contributed by atoms with Crippen molar-refractivity contribution in [1.29, 1.82) is 0 Å². The second-order valence-electron chi connectivity index (χ2n) is 6.27. The predicted molar refractivity (Wildman–Crippen MR) is 79.1 cm³/mol. The van der Waals surface area contributed by atoms with E-state index < -0.39 is 41.3 Å². The Morgan fingerprint density at radius 2 is 1.79 bits per heavy atom. The molecule has 3 aliphatic heterocycles. The Bertz CT molecular complexity index is 712. The predicted octanol–water partition coefficient (Wildman–Crippen LogP) is 1.50. The summed E-state index contributed by atoms with van der Waals surface area (Å²) in [7, 11) is 0. The molecule has 0 spiro atoms.